The summed E-state index contributed by atoms with van der Waals surface area (Å²) in [6.45, 7) is 3.60. The zero-order valence-electron chi connectivity index (χ0n) is 14.8. The van der Waals surface area contributed by atoms with Gasteiger partial charge in [0.05, 0.1) is 4.91 Å². The van der Waals surface area contributed by atoms with Crippen LogP contribution in [0.5, 0.6) is 0 Å². The van der Waals surface area contributed by atoms with E-state index in [9.17, 15) is 14.4 Å². The van der Waals surface area contributed by atoms with E-state index in [0.717, 1.165) is 33.4 Å². The summed E-state index contributed by atoms with van der Waals surface area (Å²) in [5.41, 5.74) is 3.55. The van der Waals surface area contributed by atoms with Crippen molar-refractivity contribution in [1.82, 2.24) is 4.90 Å². The van der Waals surface area contributed by atoms with E-state index in [1.54, 1.807) is 36.4 Å². The third-order valence-corrected chi connectivity index (χ3v) is 5.29. The van der Waals surface area contributed by atoms with Crippen LogP contribution < -0.4 is 5.32 Å². The van der Waals surface area contributed by atoms with Crippen LogP contribution >= 0.6 is 23.4 Å². The lowest BCUT2D eigenvalue weighted by molar-refractivity contribution is -0.127. The van der Waals surface area contributed by atoms with Crippen molar-refractivity contribution in [2.24, 2.45) is 0 Å². The predicted octanol–water partition coefficient (Wildman–Crippen LogP) is 4.63. The zero-order valence-corrected chi connectivity index (χ0v) is 16.4. The summed E-state index contributed by atoms with van der Waals surface area (Å²) in [6, 6.07) is 12.4. The van der Waals surface area contributed by atoms with Crippen molar-refractivity contribution in [2.45, 2.75) is 13.8 Å². The molecule has 1 saturated heterocycles. The summed E-state index contributed by atoms with van der Waals surface area (Å²) in [7, 11) is 0. The molecule has 0 spiro atoms. The molecular formula is C20H17ClN2O3S. The minimum Gasteiger partial charge on any atom is -0.325 e. The number of carbonyl (C=O) groups is 3. The largest absolute Gasteiger partial charge is 0.325 e. The third-order valence-electron chi connectivity index (χ3n) is 4.13. The fraction of sp³-hybridized carbons (Fsp3) is 0.150. The fourth-order valence-electron chi connectivity index (χ4n) is 2.51. The third kappa shape index (κ3) is 4.59. The smallest absolute Gasteiger partial charge is 0.294 e. The van der Waals surface area contributed by atoms with Crippen molar-refractivity contribution in [3.05, 3.63) is 69.1 Å². The Morgan fingerprint density at radius 1 is 1.11 bits per heavy atom. The summed E-state index contributed by atoms with van der Waals surface area (Å²) in [5, 5.41) is 2.84. The highest BCUT2D eigenvalue weighted by Gasteiger charge is 2.36. The van der Waals surface area contributed by atoms with Crippen molar-refractivity contribution in [2.75, 3.05) is 11.9 Å². The molecule has 7 heteroatoms. The molecule has 1 aliphatic rings. The summed E-state index contributed by atoms with van der Waals surface area (Å²) in [5.74, 6) is -0.900. The first kappa shape index (κ1) is 19.2. The number of anilines is 1. The van der Waals surface area contributed by atoms with E-state index in [1.807, 2.05) is 26.0 Å². The first-order valence-electron chi connectivity index (χ1n) is 8.21. The summed E-state index contributed by atoms with van der Waals surface area (Å²) >= 11 is 6.66. The van der Waals surface area contributed by atoms with E-state index >= 15 is 0 Å². The van der Waals surface area contributed by atoms with Crippen LogP contribution in [0.4, 0.5) is 10.5 Å². The molecule has 0 saturated carbocycles. The Bertz CT molecular complexity index is 954. The van der Waals surface area contributed by atoms with Crippen LogP contribution in [-0.2, 0) is 9.59 Å². The maximum absolute atomic E-state index is 12.5. The number of hydrogen-bond acceptors (Lipinski definition) is 4. The standard InChI is InChI=1S/C20H17ClN2O3S/c1-12-3-8-16(9-13(12)2)22-18(24)11-23-19(25)17(27-20(23)26)10-14-4-6-15(21)7-5-14/h3-10H,11H2,1-2H3,(H,22,24)/b17-10+. The van der Waals surface area contributed by atoms with Crippen LogP contribution in [0.15, 0.2) is 47.4 Å². The van der Waals surface area contributed by atoms with Gasteiger partial charge >= 0.3 is 0 Å². The van der Waals surface area contributed by atoms with Gasteiger partial charge in [-0.3, -0.25) is 19.3 Å². The molecule has 3 amide bonds. The average molecular weight is 401 g/mol. The number of aryl methyl sites for hydroxylation is 2. The lowest BCUT2D eigenvalue weighted by Gasteiger charge is -2.13. The van der Waals surface area contributed by atoms with E-state index in [0.29, 0.717) is 10.7 Å². The van der Waals surface area contributed by atoms with E-state index < -0.39 is 17.1 Å². The molecule has 0 unspecified atom stereocenters. The van der Waals surface area contributed by atoms with Gasteiger partial charge < -0.3 is 5.32 Å². The summed E-state index contributed by atoms with van der Waals surface area (Å²) < 4.78 is 0. The number of hydrogen-bond donors (Lipinski definition) is 1. The highest BCUT2D eigenvalue weighted by Crippen LogP contribution is 2.32. The molecule has 138 valence electrons. The van der Waals surface area contributed by atoms with Gasteiger partial charge in [0.15, 0.2) is 0 Å². The minimum atomic E-state index is -0.477. The molecule has 0 aromatic heterocycles. The molecule has 2 aromatic rings. The molecular weight excluding hydrogens is 384 g/mol. The van der Waals surface area contributed by atoms with Crippen LogP contribution in [0.25, 0.3) is 6.08 Å². The number of benzene rings is 2. The molecule has 2 aromatic carbocycles. The lowest BCUT2D eigenvalue weighted by atomic mass is 10.1. The maximum Gasteiger partial charge on any atom is 0.294 e. The first-order valence-corrected chi connectivity index (χ1v) is 9.41. The van der Waals surface area contributed by atoms with Gasteiger partial charge in [0.2, 0.25) is 5.91 Å². The second-order valence-electron chi connectivity index (χ2n) is 6.17. The van der Waals surface area contributed by atoms with E-state index in [2.05, 4.69) is 5.32 Å². The quantitative estimate of drug-likeness (QED) is 0.759. The predicted molar refractivity (Wildman–Crippen MR) is 109 cm³/mol. The molecule has 0 radical (unpaired) electrons. The van der Waals surface area contributed by atoms with Gasteiger partial charge in [-0.1, -0.05) is 29.8 Å². The van der Waals surface area contributed by atoms with Gasteiger partial charge in [-0.2, -0.15) is 0 Å². The molecule has 3 rings (SSSR count). The SMILES string of the molecule is Cc1ccc(NC(=O)CN2C(=O)S/C(=C/c3ccc(Cl)cc3)C2=O)cc1C. The van der Waals surface area contributed by atoms with E-state index in [4.69, 9.17) is 11.6 Å². The van der Waals surface area contributed by atoms with Gasteiger partial charge in [-0.25, -0.2) is 0 Å². The Labute approximate surface area is 166 Å². The Kier molecular flexibility index (Phi) is 5.68. The fourth-order valence-corrected chi connectivity index (χ4v) is 3.47. The zero-order chi connectivity index (χ0) is 19.6. The Hall–Kier alpha value is -2.57. The molecule has 27 heavy (non-hydrogen) atoms. The number of amides is 3. The number of imide groups is 1. The molecule has 0 aliphatic carbocycles. The van der Waals surface area contributed by atoms with E-state index in [1.165, 1.54) is 0 Å². The second-order valence-corrected chi connectivity index (χ2v) is 7.60. The molecule has 5 nitrogen and oxygen atoms in total. The molecule has 1 N–H and O–H groups in total. The number of carbonyl (C=O) groups excluding carboxylic acids is 3. The van der Waals surface area contributed by atoms with Crippen molar-refractivity contribution in [3.8, 4) is 0 Å². The van der Waals surface area contributed by atoms with Crippen LogP contribution in [0.3, 0.4) is 0 Å². The topological polar surface area (TPSA) is 66.5 Å². The number of rotatable bonds is 4. The molecule has 1 heterocycles. The normalized spacial score (nSPS) is 15.5. The highest BCUT2D eigenvalue weighted by molar-refractivity contribution is 8.18. The van der Waals surface area contributed by atoms with Crippen molar-refractivity contribution >= 4 is 52.2 Å². The number of thioether (sulfide) groups is 1. The van der Waals surface area contributed by atoms with Crippen LogP contribution in [0, 0.1) is 13.8 Å². The maximum atomic E-state index is 12.5. The van der Waals surface area contributed by atoms with Crippen molar-refractivity contribution in [1.29, 1.82) is 0 Å². The van der Waals surface area contributed by atoms with Crippen LogP contribution in [0.1, 0.15) is 16.7 Å². The van der Waals surface area contributed by atoms with Crippen molar-refractivity contribution < 1.29 is 14.4 Å². The van der Waals surface area contributed by atoms with E-state index in [-0.39, 0.29) is 11.4 Å². The lowest BCUT2D eigenvalue weighted by Crippen LogP contribution is -2.36. The molecule has 0 bridgehead atoms. The van der Waals surface area contributed by atoms with Gasteiger partial charge in [-0.15, -0.1) is 0 Å². The highest BCUT2D eigenvalue weighted by atomic mass is 35.5. The second kappa shape index (κ2) is 7.98. The van der Waals surface area contributed by atoms with Gasteiger partial charge in [0.25, 0.3) is 11.1 Å². The Morgan fingerprint density at radius 2 is 1.81 bits per heavy atom. The average Bonchev–Trinajstić information content (AvgIpc) is 2.87. The number of nitrogens with zero attached hydrogens (tertiary/aromatic N) is 1. The number of halogens is 1. The van der Waals surface area contributed by atoms with Crippen LogP contribution in [0.2, 0.25) is 5.02 Å². The Balaban J connectivity index is 1.68. The van der Waals surface area contributed by atoms with Gasteiger partial charge in [0.1, 0.15) is 6.54 Å². The summed E-state index contributed by atoms with van der Waals surface area (Å²) in [4.78, 5) is 38.1. The van der Waals surface area contributed by atoms with Crippen LogP contribution in [-0.4, -0.2) is 28.5 Å². The van der Waals surface area contributed by atoms with Gasteiger partial charge in [-0.05, 0) is 72.6 Å². The Morgan fingerprint density at radius 3 is 2.48 bits per heavy atom. The molecule has 0 atom stereocenters. The van der Waals surface area contributed by atoms with Gasteiger partial charge in [0, 0.05) is 10.7 Å². The number of nitrogens with one attached hydrogen (secondary N) is 1. The molecule has 1 fully saturated rings. The molecule has 1 aliphatic heterocycles. The first-order chi connectivity index (χ1) is 12.8. The summed E-state index contributed by atoms with van der Waals surface area (Å²) in [6.07, 6.45) is 1.61. The monoisotopic (exact) mass is 400 g/mol. The van der Waals surface area contributed by atoms with Crippen molar-refractivity contribution in [3.63, 3.8) is 0 Å². The minimum absolute atomic E-state index is 0.279.